The number of methoxy groups -OCH3 is 1. The highest BCUT2D eigenvalue weighted by molar-refractivity contribution is 6.02. The summed E-state index contributed by atoms with van der Waals surface area (Å²) < 4.78 is 5.12. The maximum Gasteiger partial charge on any atom is 0.172 e. The number of para-hydroxylation sites is 1. The summed E-state index contributed by atoms with van der Waals surface area (Å²) in [6.45, 7) is 5.57. The summed E-state index contributed by atoms with van der Waals surface area (Å²) in [5, 5.41) is 11.9. The summed E-state index contributed by atoms with van der Waals surface area (Å²) in [7, 11) is 1.67. The van der Waals surface area contributed by atoms with E-state index < -0.39 is 0 Å². The van der Waals surface area contributed by atoms with E-state index in [9.17, 15) is 0 Å². The second-order valence-electron chi connectivity index (χ2n) is 4.28. The number of oxime groups is 1. The van der Waals surface area contributed by atoms with Crippen LogP contribution in [0, 0.1) is 0 Å². The summed E-state index contributed by atoms with van der Waals surface area (Å²) >= 11 is 0. The molecule has 0 aliphatic carbocycles. The van der Waals surface area contributed by atoms with Crippen molar-refractivity contribution in [3.8, 4) is 0 Å². The summed E-state index contributed by atoms with van der Waals surface area (Å²) in [6.07, 6.45) is 0. The summed E-state index contributed by atoms with van der Waals surface area (Å²) in [6, 6.07) is 7.90. The second kappa shape index (κ2) is 6.86. The van der Waals surface area contributed by atoms with Gasteiger partial charge >= 0.3 is 0 Å². The highest BCUT2D eigenvalue weighted by atomic mass is 16.5. The van der Waals surface area contributed by atoms with Crippen LogP contribution in [0.2, 0.25) is 0 Å². The van der Waals surface area contributed by atoms with Crippen LogP contribution in [0.5, 0.6) is 0 Å². The lowest BCUT2D eigenvalue weighted by molar-refractivity contribution is 0.204. The Kier molecular flexibility index (Phi) is 5.45. The lowest BCUT2D eigenvalue weighted by Crippen LogP contribution is -2.35. The van der Waals surface area contributed by atoms with Crippen LogP contribution in [0.1, 0.15) is 19.4 Å². The van der Waals surface area contributed by atoms with Crippen molar-refractivity contribution in [3.63, 3.8) is 0 Å². The standard InChI is InChI=1S/C13H21N3O2/c1-10(2)16(8-9-18-3)12-7-5-4-6-11(12)13(14)15-17/h4-7,10,17H,8-9H2,1-3H3,(H2,14,15). The number of benzene rings is 1. The topological polar surface area (TPSA) is 71.1 Å². The normalized spacial score (nSPS) is 11.9. The van der Waals surface area contributed by atoms with Crippen LogP contribution in [-0.4, -0.2) is 37.3 Å². The van der Waals surface area contributed by atoms with Crippen molar-refractivity contribution in [2.75, 3.05) is 25.2 Å². The molecule has 0 spiro atoms. The van der Waals surface area contributed by atoms with Gasteiger partial charge < -0.3 is 20.6 Å². The number of nitrogens with two attached hydrogens (primary N) is 1. The van der Waals surface area contributed by atoms with Gasteiger partial charge in [-0.05, 0) is 26.0 Å². The predicted molar refractivity (Wildman–Crippen MR) is 73.3 cm³/mol. The highest BCUT2D eigenvalue weighted by Crippen LogP contribution is 2.22. The van der Waals surface area contributed by atoms with Gasteiger partial charge in [0.1, 0.15) is 0 Å². The molecule has 18 heavy (non-hydrogen) atoms. The van der Waals surface area contributed by atoms with Gasteiger partial charge in [-0.2, -0.15) is 0 Å². The molecule has 0 unspecified atom stereocenters. The van der Waals surface area contributed by atoms with Crippen molar-refractivity contribution in [2.24, 2.45) is 10.9 Å². The van der Waals surface area contributed by atoms with E-state index in [-0.39, 0.29) is 5.84 Å². The molecule has 0 aromatic heterocycles. The Labute approximate surface area is 108 Å². The Bertz CT molecular complexity index is 405. The van der Waals surface area contributed by atoms with Crippen molar-refractivity contribution in [1.29, 1.82) is 0 Å². The summed E-state index contributed by atoms with van der Waals surface area (Å²) in [5.74, 6) is 0.119. The predicted octanol–water partition coefficient (Wildman–Crippen LogP) is 1.64. The fourth-order valence-corrected chi connectivity index (χ4v) is 1.84. The third-order valence-corrected chi connectivity index (χ3v) is 2.76. The van der Waals surface area contributed by atoms with Crippen molar-refractivity contribution in [1.82, 2.24) is 0 Å². The monoisotopic (exact) mass is 251 g/mol. The van der Waals surface area contributed by atoms with E-state index >= 15 is 0 Å². The van der Waals surface area contributed by atoms with Gasteiger partial charge in [-0.25, -0.2) is 0 Å². The zero-order valence-corrected chi connectivity index (χ0v) is 11.1. The number of hydrogen-bond donors (Lipinski definition) is 2. The Morgan fingerprint density at radius 2 is 2.11 bits per heavy atom. The van der Waals surface area contributed by atoms with Crippen molar-refractivity contribution in [2.45, 2.75) is 19.9 Å². The third-order valence-electron chi connectivity index (χ3n) is 2.76. The number of rotatable bonds is 6. The van der Waals surface area contributed by atoms with Crippen LogP contribution in [0.4, 0.5) is 5.69 Å². The molecule has 0 bridgehead atoms. The fourth-order valence-electron chi connectivity index (χ4n) is 1.84. The lowest BCUT2D eigenvalue weighted by Gasteiger charge is -2.30. The number of amidine groups is 1. The molecule has 0 heterocycles. The molecule has 0 radical (unpaired) electrons. The van der Waals surface area contributed by atoms with Crippen molar-refractivity contribution < 1.29 is 9.94 Å². The van der Waals surface area contributed by atoms with Crippen LogP contribution in [0.15, 0.2) is 29.4 Å². The van der Waals surface area contributed by atoms with Crippen molar-refractivity contribution >= 4 is 11.5 Å². The van der Waals surface area contributed by atoms with Gasteiger partial charge in [0.05, 0.1) is 6.61 Å². The molecule has 5 nitrogen and oxygen atoms in total. The Morgan fingerprint density at radius 3 is 2.67 bits per heavy atom. The smallest absolute Gasteiger partial charge is 0.172 e. The lowest BCUT2D eigenvalue weighted by atomic mass is 10.1. The molecule has 0 saturated heterocycles. The van der Waals surface area contributed by atoms with Gasteiger partial charge in [0.25, 0.3) is 0 Å². The molecule has 0 aliphatic rings. The number of nitrogens with zero attached hydrogens (tertiary/aromatic N) is 2. The van der Waals surface area contributed by atoms with E-state index in [1.165, 1.54) is 0 Å². The summed E-state index contributed by atoms with van der Waals surface area (Å²) in [5.41, 5.74) is 7.37. The van der Waals surface area contributed by atoms with Crippen LogP contribution >= 0.6 is 0 Å². The average Bonchev–Trinajstić information content (AvgIpc) is 2.38. The van der Waals surface area contributed by atoms with Crippen LogP contribution in [0.25, 0.3) is 0 Å². The number of ether oxygens (including phenoxy) is 1. The molecule has 1 aromatic rings. The molecule has 1 rings (SSSR count). The van der Waals surface area contributed by atoms with Crippen LogP contribution in [-0.2, 0) is 4.74 Å². The number of anilines is 1. The van der Waals surface area contributed by atoms with E-state index in [0.717, 1.165) is 17.8 Å². The Balaban J connectivity index is 3.11. The molecule has 5 heteroatoms. The minimum absolute atomic E-state index is 0.119. The Hall–Kier alpha value is -1.75. The van der Waals surface area contributed by atoms with Crippen LogP contribution in [0.3, 0.4) is 0 Å². The molecule has 3 N–H and O–H groups in total. The van der Waals surface area contributed by atoms with Crippen molar-refractivity contribution in [3.05, 3.63) is 29.8 Å². The maximum absolute atomic E-state index is 8.83. The minimum Gasteiger partial charge on any atom is -0.409 e. The van der Waals surface area contributed by atoms with E-state index in [4.69, 9.17) is 15.7 Å². The molecule has 0 fully saturated rings. The molecular weight excluding hydrogens is 230 g/mol. The van der Waals surface area contributed by atoms with Gasteiger partial charge in [-0.15, -0.1) is 0 Å². The first kappa shape index (κ1) is 14.3. The first-order valence-electron chi connectivity index (χ1n) is 5.94. The largest absolute Gasteiger partial charge is 0.409 e. The van der Waals surface area contributed by atoms with Crippen LogP contribution < -0.4 is 10.6 Å². The zero-order valence-electron chi connectivity index (χ0n) is 11.1. The van der Waals surface area contributed by atoms with E-state index in [0.29, 0.717) is 12.6 Å². The second-order valence-corrected chi connectivity index (χ2v) is 4.28. The van der Waals surface area contributed by atoms with E-state index in [2.05, 4.69) is 23.9 Å². The molecule has 100 valence electrons. The van der Waals surface area contributed by atoms with Gasteiger partial charge in [-0.3, -0.25) is 0 Å². The first-order valence-corrected chi connectivity index (χ1v) is 5.94. The van der Waals surface area contributed by atoms with E-state index in [1.807, 2.05) is 24.3 Å². The van der Waals surface area contributed by atoms with Gasteiger partial charge in [0.15, 0.2) is 5.84 Å². The highest BCUT2D eigenvalue weighted by Gasteiger charge is 2.15. The zero-order chi connectivity index (χ0) is 13.5. The van der Waals surface area contributed by atoms with Gasteiger partial charge in [-0.1, -0.05) is 17.3 Å². The maximum atomic E-state index is 8.83. The van der Waals surface area contributed by atoms with Gasteiger partial charge in [0.2, 0.25) is 0 Å². The minimum atomic E-state index is 0.119. The van der Waals surface area contributed by atoms with Gasteiger partial charge in [0, 0.05) is 30.9 Å². The third kappa shape index (κ3) is 3.37. The van der Waals surface area contributed by atoms with E-state index in [1.54, 1.807) is 7.11 Å². The number of hydrogen-bond acceptors (Lipinski definition) is 4. The molecule has 0 saturated carbocycles. The fraction of sp³-hybridized carbons (Fsp3) is 0.462. The SMILES string of the molecule is COCCN(c1ccccc1/C(N)=N/O)C(C)C. The first-order chi connectivity index (χ1) is 8.61. The molecule has 0 atom stereocenters. The Morgan fingerprint density at radius 1 is 1.44 bits per heavy atom. The molecule has 0 amide bonds. The molecular formula is C13H21N3O2. The summed E-state index contributed by atoms with van der Waals surface area (Å²) in [4.78, 5) is 2.16. The molecule has 0 aliphatic heterocycles. The quantitative estimate of drug-likeness (QED) is 0.349. The average molecular weight is 251 g/mol. The molecule has 1 aromatic carbocycles.